The van der Waals surface area contributed by atoms with E-state index in [-0.39, 0.29) is 28.4 Å². The molecule has 2 aromatic carbocycles. The first-order valence-corrected chi connectivity index (χ1v) is 19.0. The minimum absolute atomic E-state index is 0.0145. The third kappa shape index (κ3) is 5.94. The van der Waals surface area contributed by atoms with Crippen LogP contribution < -0.4 is 0 Å². The number of aromatic nitrogens is 3. The van der Waals surface area contributed by atoms with Gasteiger partial charge >= 0.3 is 5.97 Å². The van der Waals surface area contributed by atoms with E-state index in [1.807, 2.05) is 6.07 Å². The number of carbonyl (C=O) groups excluding carboxylic acids is 1. The molecule has 0 bridgehead atoms. The zero-order chi connectivity index (χ0) is 31.6. The fraction of sp³-hybridized carbons (Fsp3) is 0.219. The molecular formula is C32H31FN4O5SSi. The molecule has 0 spiro atoms. The number of nitrogens with zero attached hydrogens (tertiary/aromatic N) is 4. The number of rotatable bonds is 10. The first-order valence-electron chi connectivity index (χ1n) is 13.8. The van der Waals surface area contributed by atoms with Gasteiger partial charge in [-0.25, -0.2) is 26.6 Å². The predicted molar refractivity (Wildman–Crippen MR) is 168 cm³/mol. The van der Waals surface area contributed by atoms with Crippen LogP contribution in [-0.4, -0.2) is 49.7 Å². The number of carbonyl (C=O) groups is 1. The van der Waals surface area contributed by atoms with Crippen molar-refractivity contribution in [3.05, 3.63) is 96.1 Å². The molecule has 0 aliphatic rings. The Kier molecular flexibility index (Phi) is 8.56. The number of hydrogen-bond donors (Lipinski definition) is 0. The van der Waals surface area contributed by atoms with Crippen LogP contribution in [0.1, 0.15) is 15.9 Å². The Bertz CT molecular complexity index is 2010. The summed E-state index contributed by atoms with van der Waals surface area (Å²) in [6, 6.07) is 19.9. The van der Waals surface area contributed by atoms with Gasteiger partial charge in [-0.05, 0) is 48.5 Å². The number of halogens is 1. The van der Waals surface area contributed by atoms with Gasteiger partial charge < -0.3 is 14.0 Å². The van der Waals surface area contributed by atoms with Gasteiger partial charge in [0.2, 0.25) is 0 Å². The van der Waals surface area contributed by atoms with Gasteiger partial charge in [0.05, 0.1) is 34.5 Å². The molecule has 0 radical (unpaired) electrons. The lowest BCUT2D eigenvalue weighted by atomic mass is 10.1. The number of pyridine rings is 1. The number of esters is 1. The van der Waals surface area contributed by atoms with Gasteiger partial charge in [-0.3, -0.25) is 0 Å². The molecule has 3 aromatic heterocycles. The van der Waals surface area contributed by atoms with Crippen LogP contribution in [-0.2, 0) is 26.2 Å². The first-order chi connectivity index (χ1) is 21.0. The maximum Gasteiger partial charge on any atom is 0.340 e. The Morgan fingerprint density at radius 2 is 1.82 bits per heavy atom. The molecule has 0 unspecified atom stereocenters. The molecule has 0 atom stereocenters. The average Bonchev–Trinajstić information content (AvgIpc) is 3.61. The molecule has 0 saturated carbocycles. The number of benzene rings is 2. The van der Waals surface area contributed by atoms with E-state index in [0.29, 0.717) is 34.5 Å². The largest absolute Gasteiger partial charge is 0.465 e. The van der Waals surface area contributed by atoms with Crippen molar-refractivity contribution in [2.45, 2.75) is 37.3 Å². The summed E-state index contributed by atoms with van der Waals surface area (Å²) in [4.78, 5) is 17.6. The van der Waals surface area contributed by atoms with E-state index in [1.165, 1.54) is 43.8 Å². The van der Waals surface area contributed by atoms with E-state index in [0.717, 1.165) is 10.0 Å². The number of fused-ring (bicyclic) bond motifs is 1. The van der Waals surface area contributed by atoms with Crippen molar-refractivity contribution in [3.8, 4) is 28.6 Å². The topological polar surface area (TPSA) is 116 Å². The van der Waals surface area contributed by atoms with Crippen LogP contribution in [0, 0.1) is 17.1 Å². The van der Waals surface area contributed by atoms with Crippen molar-refractivity contribution in [1.29, 1.82) is 5.26 Å². The summed E-state index contributed by atoms with van der Waals surface area (Å²) in [5.41, 5.74) is 2.00. The molecule has 9 nitrogen and oxygen atoms in total. The number of methoxy groups -OCH3 is 1. The van der Waals surface area contributed by atoms with Crippen LogP contribution in [0.5, 0.6) is 0 Å². The highest BCUT2D eigenvalue weighted by Gasteiger charge is 2.27. The first kappa shape index (κ1) is 30.9. The summed E-state index contributed by atoms with van der Waals surface area (Å²) in [7, 11) is -4.12. The monoisotopic (exact) mass is 630 g/mol. The highest BCUT2D eigenvalue weighted by Crippen LogP contribution is 2.37. The molecule has 0 aliphatic heterocycles. The van der Waals surface area contributed by atoms with Crippen LogP contribution in [0.4, 0.5) is 4.39 Å². The van der Waals surface area contributed by atoms with E-state index in [9.17, 15) is 22.9 Å². The Balaban J connectivity index is 1.73. The lowest BCUT2D eigenvalue weighted by Crippen LogP contribution is -2.22. The molecule has 0 aliphatic carbocycles. The predicted octanol–water partition coefficient (Wildman–Crippen LogP) is 6.52. The molecule has 0 saturated heterocycles. The number of ether oxygens (including phenoxy) is 2. The van der Waals surface area contributed by atoms with Crippen molar-refractivity contribution in [2.24, 2.45) is 0 Å². The molecule has 226 valence electrons. The third-order valence-electron chi connectivity index (χ3n) is 7.21. The molecule has 12 heteroatoms. The van der Waals surface area contributed by atoms with Crippen molar-refractivity contribution in [2.75, 3.05) is 13.7 Å². The molecule has 3 heterocycles. The SMILES string of the molecule is COC(=O)c1cc(-c2ccnc3c2ccn3S(=O)(=O)c2ccccc2)n(COCC[Si](C)(C)C)c1-c1ccc(C#N)c(F)c1. The summed E-state index contributed by atoms with van der Waals surface area (Å²) in [6.07, 6.45) is 2.94. The van der Waals surface area contributed by atoms with Gasteiger partial charge in [0.25, 0.3) is 10.0 Å². The van der Waals surface area contributed by atoms with E-state index in [1.54, 1.807) is 47.0 Å². The summed E-state index contributed by atoms with van der Waals surface area (Å²) >= 11 is 0. The van der Waals surface area contributed by atoms with E-state index in [2.05, 4.69) is 24.6 Å². The summed E-state index contributed by atoms with van der Waals surface area (Å²) in [5, 5.41) is 9.79. The van der Waals surface area contributed by atoms with E-state index in [4.69, 9.17) is 9.47 Å². The third-order valence-corrected chi connectivity index (χ3v) is 10.6. The lowest BCUT2D eigenvalue weighted by Gasteiger charge is -2.18. The van der Waals surface area contributed by atoms with Crippen LogP contribution in [0.2, 0.25) is 25.7 Å². The molecule has 44 heavy (non-hydrogen) atoms. The standard InChI is InChI=1S/C32H31FN4O5SSi/c1-41-32(38)27-19-29(25-12-14-35-31-26(25)13-15-37(31)43(39,40)24-8-6-5-7-9-24)36(21-42-16-17-44(2,3)4)30(27)22-10-11-23(20-34)28(33)18-22/h5-15,18-19H,16-17,21H2,1-4H3. The Morgan fingerprint density at radius 3 is 2.48 bits per heavy atom. The summed E-state index contributed by atoms with van der Waals surface area (Å²) in [6.45, 7) is 7.19. The fourth-order valence-electron chi connectivity index (χ4n) is 4.91. The van der Waals surface area contributed by atoms with Crippen LogP contribution >= 0.6 is 0 Å². The highest BCUT2D eigenvalue weighted by atomic mass is 32.2. The van der Waals surface area contributed by atoms with Gasteiger partial charge in [0.15, 0.2) is 5.65 Å². The quantitative estimate of drug-likeness (QED) is 0.0980. The van der Waals surface area contributed by atoms with Gasteiger partial charge in [-0.15, -0.1) is 0 Å². The molecule has 5 rings (SSSR count). The van der Waals surface area contributed by atoms with Gasteiger partial charge in [0.1, 0.15) is 18.6 Å². The zero-order valence-corrected chi connectivity index (χ0v) is 26.6. The average molecular weight is 631 g/mol. The Hall–Kier alpha value is -4.57. The van der Waals surface area contributed by atoms with Gasteiger partial charge in [0, 0.05) is 43.6 Å². The number of hydrogen-bond acceptors (Lipinski definition) is 7. The van der Waals surface area contributed by atoms with Gasteiger partial charge in [-0.1, -0.05) is 43.9 Å². The summed E-state index contributed by atoms with van der Waals surface area (Å²) < 4.78 is 56.0. The van der Waals surface area contributed by atoms with Crippen LogP contribution in [0.25, 0.3) is 33.5 Å². The van der Waals surface area contributed by atoms with Crippen molar-refractivity contribution in [1.82, 2.24) is 13.5 Å². The Morgan fingerprint density at radius 1 is 1.07 bits per heavy atom. The Labute approximate surface area is 256 Å². The fourth-order valence-corrected chi connectivity index (χ4v) is 6.99. The highest BCUT2D eigenvalue weighted by molar-refractivity contribution is 7.90. The minimum Gasteiger partial charge on any atom is -0.465 e. The van der Waals surface area contributed by atoms with Crippen molar-refractivity contribution in [3.63, 3.8) is 0 Å². The normalized spacial score (nSPS) is 11.9. The van der Waals surface area contributed by atoms with E-state index >= 15 is 0 Å². The maximum atomic E-state index is 14.9. The second-order valence-corrected chi connectivity index (χ2v) is 18.8. The molecule has 0 amide bonds. The zero-order valence-electron chi connectivity index (χ0n) is 24.7. The smallest absolute Gasteiger partial charge is 0.340 e. The van der Waals surface area contributed by atoms with Crippen molar-refractivity contribution < 1.29 is 27.1 Å². The lowest BCUT2D eigenvalue weighted by molar-refractivity contribution is 0.0600. The molecule has 5 aromatic rings. The van der Waals surface area contributed by atoms with Gasteiger partial charge in [-0.2, -0.15) is 5.26 Å². The van der Waals surface area contributed by atoms with Crippen LogP contribution in [0.3, 0.4) is 0 Å². The number of nitriles is 1. The summed E-state index contributed by atoms with van der Waals surface area (Å²) in [5.74, 6) is -1.38. The maximum absolute atomic E-state index is 14.9. The molecular weight excluding hydrogens is 600 g/mol. The second-order valence-electron chi connectivity index (χ2n) is 11.4. The minimum atomic E-state index is -3.95. The van der Waals surface area contributed by atoms with Crippen molar-refractivity contribution >= 4 is 35.1 Å². The second kappa shape index (κ2) is 12.2. The molecule has 0 N–H and O–H groups in total. The molecule has 0 fully saturated rings. The van der Waals surface area contributed by atoms with Crippen LogP contribution in [0.15, 0.2) is 84.0 Å². The van der Waals surface area contributed by atoms with E-state index < -0.39 is 29.9 Å².